The van der Waals surface area contributed by atoms with Crippen LogP contribution < -0.4 is 0 Å². The Bertz CT molecular complexity index is 64.6. The zero-order valence-corrected chi connectivity index (χ0v) is 4.94. The van der Waals surface area contributed by atoms with Crippen molar-refractivity contribution in [2.45, 2.75) is 20.3 Å². The monoisotopic (exact) mass is 100 g/mol. The van der Waals surface area contributed by atoms with Crippen LogP contribution in [0.1, 0.15) is 20.3 Å². The van der Waals surface area contributed by atoms with Gasteiger partial charge in [0.05, 0.1) is 0 Å². The lowest BCUT2D eigenvalue weighted by atomic mass is 10.2. The van der Waals surface area contributed by atoms with Crippen LogP contribution in [0.2, 0.25) is 0 Å². The fourth-order valence-corrected chi connectivity index (χ4v) is 0.321. The minimum absolute atomic E-state index is 0.274. The molecule has 1 N–H and O–H groups in total. The van der Waals surface area contributed by atoms with Gasteiger partial charge in [0.25, 0.3) is 0 Å². The maximum absolute atomic E-state index is 8.33. The number of hydrogen-bond acceptors (Lipinski definition) is 1. The largest absolute Gasteiger partial charge is 0.396 e. The van der Waals surface area contributed by atoms with E-state index < -0.39 is 0 Å². The highest BCUT2D eigenvalue weighted by Crippen LogP contribution is 1.95. The van der Waals surface area contributed by atoms with E-state index in [1.54, 1.807) is 0 Å². The van der Waals surface area contributed by atoms with E-state index in [0.717, 1.165) is 6.42 Å². The van der Waals surface area contributed by atoms with Gasteiger partial charge in [-0.05, 0) is 20.3 Å². The molecule has 0 aliphatic rings. The Kier molecular flexibility index (Phi) is 3.71. The van der Waals surface area contributed by atoms with E-state index in [0.29, 0.717) is 0 Å². The number of allylic oxidation sites excluding steroid dienone is 1. The van der Waals surface area contributed by atoms with Gasteiger partial charge in [-0.1, -0.05) is 11.6 Å². The molecule has 0 bridgehead atoms. The summed E-state index contributed by atoms with van der Waals surface area (Å²) in [5.74, 6) is 0. The molecule has 7 heavy (non-hydrogen) atoms. The highest BCUT2D eigenvalue weighted by atomic mass is 16.2. The van der Waals surface area contributed by atoms with Crippen molar-refractivity contribution in [3.8, 4) is 0 Å². The second-order valence-electron chi connectivity index (χ2n) is 1.61. The summed E-state index contributed by atoms with van der Waals surface area (Å²) in [6.45, 7) is 4.26. The minimum Gasteiger partial charge on any atom is -0.396 e. The van der Waals surface area contributed by atoms with Crippen LogP contribution in [0.15, 0.2) is 11.6 Å². The molecular formula is C6H12O. The second kappa shape index (κ2) is 3.88. The lowest BCUT2D eigenvalue weighted by Gasteiger charge is -1.90. The number of aliphatic hydroxyl groups excluding tert-OH is 1. The third-order valence-electron chi connectivity index (χ3n) is 0.999. The molecule has 0 saturated heterocycles. The molecule has 0 aromatic rings. The lowest BCUT2D eigenvalue weighted by Crippen LogP contribution is -1.81. The van der Waals surface area contributed by atoms with E-state index >= 15 is 0 Å². The molecule has 0 heterocycles. The van der Waals surface area contributed by atoms with Crippen molar-refractivity contribution in [2.24, 2.45) is 0 Å². The first kappa shape index (κ1) is 6.70. The van der Waals surface area contributed by atoms with Gasteiger partial charge < -0.3 is 5.11 Å². The Morgan fingerprint density at radius 1 is 1.71 bits per heavy atom. The van der Waals surface area contributed by atoms with Gasteiger partial charge >= 0.3 is 0 Å². The van der Waals surface area contributed by atoms with Crippen LogP contribution >= 0.6 is 0 Å². The topological polar surface area (TPSA) is 20.2 Å². The van der Waals surface area contributed by atoms with Crippen molar-refractivity contribution in [2.75, 3.05) is 6.61 Å². The molecule has 0 spiro atoms. The van der Waals surface area contributed by atoms with E-state index in [-0.39, 0.29) is 6.61 Å². The summed E-state index contributed by atoms with van der Waals surface area (Å²) < 4.78 is 0. The smallest absolute Gasteiger partial charge is 0.0468 e. The van der Waals surface area contributed by atoms with Gasteiger partial charge in [0, 0.05) is 6.61 Å². The zero-order valence-electron chi connectivity index (χ0n) is 4.94. The summed E-state index contributed by atoms with van der Waals surface area (Å²) >= 11 is 0. The van der Waals surface area contributed by atoms with Crippen molar-refractivity contribution < 1.29 is 5.11 Å². The highest BCUT2D eigenvalue weighted by Gasteiger charge is 1.80. The minimum atomic E-state index is 0.274. The maximum Gasteiger partial charge on any atom is 0.0468 e. The number of hydrogen-bond donors (Lipinski definition) is 1. The standard InChI is InChI=1S/C6H12O/c1-3-6(2)4-5-7/h3,7H,4-5H2,1-2H3/b6-3+. The third-order valence-corrected chi connectivity index (χ3v) is 0.999. The molecule has 0 aliphatic heterocycles. The summed E-state index contributed by atoms with van der Waals surface area (Å²) in [5, 5.41) is 8.33. The molecule has 1 heteroatoms. The van der Waals surface area contributed by atoms with Crippen LogP contribution in [0, 0.1) is 0 Å². The first-order valence-electron chi connectivity index (χ1n) is 2.54. The number of aliphatic hydroxyl groups is 1. The predicted molar refractivity (Wildman–Crippen MR) is 31.1 cm³/mol. The summed E-state index contributed by atoms with van der Waals surface area (Å²) in [7, 11) is 0. The van der Waals surface area contributed by atoms with E-state index in [1.165, 1.54) is 5.57 Å². The molecule has 0 atom stereocenters. The molecule has 0 radical (unpaired) electrons. The summed E-state index contributed by atoms with van der Waals surface area (Å²) in [5.41, 5.74) is 1.25. The van der Waals surface area contributed by atoms with Gasteiger partial charge in [-0.2, -0.15) is 0 Å². The molecular weight excluding hydrogens is 88.1 g/mol. The second-order valence-corrected chi connectivity index (χ2v) is 1.61. The van der Waals surface area contributed by atoms with Crippen LogP contribution in [0.3, 0.4) is 0 Å². The van der Waals surface area contributed by atoms with Crippen molar-refractivity contribution in [1.82, 2.24) is 0 Å². The molecule has 0 aromatic carbocycles. The Labute approximate surface area is 44.7 Å². The lowest BCUT2D eigenvalue weighted by molar-refractivity contribution is 0.299. The molecule has 1 nitrogen and oxygen atoms in total. The Hall–Kier alpha value is -0.300. The predicted octanol–water partition coefficient (Wildman–Crippen LogP) is 1.33. The SMILES string of the molecule is C/C=C(\C)CCO. The van der Waals surface area contributed by atoms with Crippen molar-refractivity contribution in [3.05, 3.63) is 11.6 Å². The molecule has 42 valence electrons. The van der Waals surface area contributed by atoms with Gasteiger partial charge in [0.15, 0.2) is 0 Å². The molecule has 0 saturated carbocycles. The van der Waals surface area contributed by atoms with Crippen LogP contribution in [0.4, 0.5) is 0 Å². The van der Waals surface area contributed by atoms with Gasteiger partial charge in [0.1, 0.15) is 0 Å². The van der Waals surface area contributed by atoms with Gasteiger partial charge in [-0.25, -0.2) is 0 Å². The normalized spacial score (nSPS) is 12.1. The summed E-state index contributed by atoms with van der Waals surface area (Å²) in [4.78, 5) is 0. The Morgan fingerprint density at radius 2 is 2.29 bits per heavy atom. The fraction of sp³-hybridized carbons (Fsp3) is 0.667. The van der Waals surface area contributed by atoms with Crippen LogP contribution in [0.5, 0.6) is 0 Å². The van der Waals surface area contributed by atoms with E-state index in [4.69, 9.17) is 5.11 Å². The molecule has 0 unspecified atom stereocenters. The molecule has 0 rings (SSSR count). The maximum atomic E-state index is 8.33. The molecule has 0 amide bonds. The average Bonchev–Trinajstić information content (AvgIpc) is 1.68. The van der Waals surface area contributed by atoms with Crippen molar-refractivity contribution >= 4 is 0 Å². The Balaban J connectivity index is 3.17. The first-order valence-corrected chi connectivity index (χ1v) is 2.54. The van der Waals surface area contributed by atoms with Crippen molar-refractivity contribution in [3.63, 3.8) is 0 Å². The van der Waals surface area contributed by atoms with E-state index in [1.807, 2.05) is 19.9 Å². The van der Waals surface area contributed by atoms with E-state index in [2.05, 4.69) is 0 Å². The quantitative estimate of drug-likeness (QED) is 0.519. The van der Waals surface area contributed by atoms with Gasteiger partial charge in [-0.3, -0.25) is 0 Å². The van der Waals surface area contributed by atoms with E-state index in [9.17, 15) is 0 Å². The summed E-state index contributed by atoms with van der Waals surface area (Å²) in [6, 6.07) is 0. The van der Waals surface area contributed by atoms with Crippen LogP contribution in [0.25, 0.3) is 0 Å². The molecule has 0 aliphatic carbocycles. The third kappa shape index (κ3) is 3.53. The zero-order chi connectivity index (χ0) is 5.70. The summed E-state index contributed by atoms with van der Waals surface area (Å²) in [6.07, 6.45) is 2.83. The average molecular weight is 100 g/mol. The van der Waals surface area contributed by atoms with Crippen LogP contribution in [-0.2, 0) is 0 Å². The first-order chi connectivity index (χ1) is 3.31. The number of rotatable bonds is 2. The fourth-order valence-electron chi connectivity index (χ4n) is 0.321. The molecule has 0 aromatic heterocycles. The van der Waals surface area contributed by atoms with Crippen LogP contribution in [-0.4, -0.2) is 11.7 Å². The van der Waals surface area contributed by atoms with Gasteiger partial charge in [0.2, 0.25) is 0 Å². The Morgan fingerprint density at radius 3 is 2.43 bits per heavy atom. The highest BCUT2D eigenvalue weighted by molar-refractivity contribution is 4.94. The van der Waals surface area contributed by atoms with Crippen molar-refractivity contribution in [1.29, 1.82) is 0 Å². The molecule has 0 fully saturated rings. The van der Waals surface area contributed by atoms with Gasteiger partial charge in [-0.15, -0.1) is 0 Å².